The normalized spacial score (nSPS) is 11.2. The van der Waals surface area contributed by atoms with Gasteiger partial charge in [-0.15, -0.1) is 0 Å². The van der Waals surface area contributed by atoms with E-state index in [0.717, 1.165) is 11.2 Å². The molecule has 21 heavy (non-hydrogen) atoms. The highest BCUT2D eigenvalue weighted by molar-refractivity contribution is 6.42. The number of carboxylic acid groups (broad SMARTS) is 1. The number of imidazole rings is 1. The molecule has 0 aliphatic carbocycles. The first-order valence-corrected chi connectivity index (χ1v) is 6.90. The van der Waals surface area contributed by atoms with E-state index in [1.54, 1.807) is 33.7 Å². The minimum atomic E-state index is -0.993. The van der Waals surface area contributed by atoms with E-state index in [9.17, 15) is 9.90 Å². The Hall–Kier alpha value is -1.98. The Bertz CT molecular complexity index is 851. The minimum absolute atomic E-state index is 0.190. The van der Waals surface area contributed by atoms with Crippen molar-refractivity contribution in [1.82, 2.24) is 14.1 Å². The Kier molecular flexibility index (Phi) is 3.39. The molecule has 3 rings (SSSR count). The summed E-state index contributed by atoms with van der Waals surface area (Å²) in [5.41, 5.74) is 2.45. The maximum Gasteiger partial charge on any atom is 0.352 e. The lowest BCUT2D eigenvalue weighted by atomic mass is 10.2. The second-order valence-corrected chi connectivity index (χ2v) is 5.55. The van der Waals surface area contributed by atoms with Crippen LogP contribution < -0.4 is 0 Å². The molecule has 2 aromatic heterocycles. The highest BCUT2D eigenvalue weighted by atomic mass is 35.5. The number of aromatic carboxylic acids is 1. The van der Waals surface area contributed by atoms with Gasteiger partial charge in [0, 0.05) is 13.6 Å². The quantitative estimate of drug-likeness (QED) is 0.803. The number of nitrogens with zero attached hydrogens (tertiary/aromatic N) is 3. The molecule has 7 heteroatoms. The summed E-state index contributed by atoms with van der Waals surface area (Å²) in [6.07, 6.45) is 1.65. The van der Waals surface area contributed by atoms with Gasteiger partial charge in [0.05, 0.1) is 16.4 Å². The van der Waals surface area contributed by atoms with Crippen molar-refractivity contribution in [2.45, 2.75) is 6.54 Å². The standard InChI is InChI=1S/C14H11Cl2N3O2/c1-18-7-17-11-5-12(14(20)21)19(13(11)18)6-8-2-3-9(15)10(16)4-8/h2-5,7H,6H2,1H3,(H,20,21). The Morgan fingerprint density at radius 3 is 2.71 bits per heavy atom. The predicted molar refractivity (Wildman–Crippen MR) is 81.2 cm³/mol. The SMILES string of the molecule is Cn1cnc2cc(C(=O)O)n(Cc3ccc(Cl)c(Cl)c3)c21. The van der Waals surface area contributed by atoms with E-state index in [-0.39, 0.29) is 5.69 Å². The van der Waals surface area contributed by atoms with Gasteiger partial charge in [-0.25, -0.2) is 9.78 Å². The molecule has 0 bridgehead atoms. The van der Waals surface area contributed by atoms with Gasteiger partial charge in [-0.1, -0.05) is 29.3 Å². The second kappa shape index (κ2) is 5.09. The van der Waals surface area contributed by atoms with Gasteiger partial charge in [0.2, 0.25) is 0 Å². The van der Waals surface area contributed by atoms with E-state index in [1.165, 1.54) is 0 Å². The summed E-state index contributed by atoms with van der Waals surface area (Å²) < 4.78 is 3.49. The van der Waals surface area contributed by atoms with Crippen LogP contribution in [0.5, 0.6) is 0 Å². The largest absolute Gasteiger partial charge is 0.477 e. The average molecular weight is 324 g/mol. The molecule has 0 radical (unpaired) electrons. The summed E-state index contributed by atoms with van der Waals surface area (Å²) in [4.78, 5) is 15.6. The number of fused-ring (bicyclic) bond motifs is 1. The molecule has 108 valence electrons. The third kappa shape index (κ3) is 2.39. The zero-order valence-electron chi connectivity index (χ0n) is 11.0. The molecule has 0 fully saturated rings. The van der Waals surface area contributed by atoms with E-state index in [0.29, 0.717) is 22.1 Å². The number of benzene rings is 1. The third-order valence-electron chi connectivity index (χ3n) is 3.30. The van der Waals surface area contributed by atoms with Crippen molar-refractivity contribution in [3.8, 4) is 0 Å². The molecule has 2 heterocycles. The van der Waals surface area contributed by atoms with Crippen molar-refractivity contribution in [2.75, 3.05) is 0 Å². The number of carboxylic acids is 1. The van der Waals surface area contributed by atoms with Crippen LogP contribution >= 0.6 is 23.2 Å². The van der Waals surface area contributed by atoms with Gasteiger partial charge >= 0.3 is 5.97 Å². The van der Waals surface area contributed by atoms with Crippen molar-refractivity contribution >= 4 is 40.3 Å². The molecular weight excluding hydrogens is 313 g/mol. The van der Waals surface area contributed by atoms with Gasteiger partial charge in [0.25, 0.3) is 0 Å². The van der Waals surface area contributed by atoms with Crippen molar-refractivity contribution in [1.29, 1.82) is 0 Å². The van der Waals surface area contributed by atoms with E-state index in [2.05, 4.69) is 4.98 Å². The fourth-order valence-corrected chi connectivity index (χ4v) is 2.67. The van der Waals surface area contributed by atoms with Crippen molar-refractivity contribution in [2.24, 2.45) is 7.05 Å². The maximum absolute atomic E-state index is 11.4. The first kappa shape index (κ1) is 14.0. The molecule has 1 N–H and O–H groups in total. The first-order chi connectivity index (χ1) is 9.97. The molecular formula is C14H11Cl2N3O2. The predicted octanol–water partition coefficient (Wildman–Crippen LogP) is 3.43. The molecule has 0 unspecified atom stereocenters. The van der Waals surface area contributed by atoms with Crippen molar-refractivity contribution in [3.05, 3.63) is 51.9 Å². The molecule has 3 aromatic rings. The molecule has 5 nitrogen and oxygen atoms in total. The number of aromatic nitrogens is 3. The van der Waals surface area contributed by atoms with Gasteiger partial charge in [0.1, 0.15) is 16.9 Å². The molecule has 0 spiro atoms. The number of aryl methyl sites for hydroxylation is 1. The number of halogens is 2. The van der Waals surface area contributed by atoms with Crippen LogP contribution in [0, 0.1) is 0 Å². The molecule has 0 aliphatic heterocycles. The summed E-state index contributed by atoms with van der Waals surface area (Å²) in [7, 11) is 1.83. The fraction of sp³-hybridized carbons (Fsp3) is 0.143. The number of hydrogen-bond acceptors (Lipinski definition) is 2. The third-order valence-corrected chi connectivity index (χ3v) is 4.04. The topological polar surface area (TPSA) is 60.1 Å². The summed E-state index contributed by atoms with van der Waals surface area (Å²) in [5, 5.41) is 10.3. The Balaban J connectivity index is 2.13. The lowest BCUT2D eigenvalue weighted by Gasteiger charge is -2.10. The van der Waals surface area contributed by atoms with Crippen LogP contribution in [-0.2, 0) is 13.6 Å². The first-order valence-electron chi connectivity index (χ1n) is 6.15. The lowest BCUT2D eigenvalue weighted by molar-refractivity contribution is 0.0686. The monoisotopic (exact) mass is 323 g/mol. The summed E-state index contributed by atoms with van der Waals surface area (Å²) in [6, 6.07) is 6.82. The molecule has 0 saturated carbocycles. The van der Waals surface area contributed by atoms with E-state index in [4.69, 9.17) is 23.2 Å². The Morgan fingerprint density at radius 2 is 2.05 bits per heavy atom. The summed E-state index contributed by atoms with van der Waals surface area (Å²) in [6.45, 7) is 0.377. The Labute approximate surface area is 130 Å². The van der Waals surface area contributed by atoms with E-state index < -0.39 is 5.97 Å². The lowest BCUT2D eigenvalue weighted by Crippen LogP contribution is -2.11. The van der Waals surface area contributed by atoms with Gasteiger partial charge < -0.3 is 14.2 Å². The molecule has 0 atom stereocenters. The van der Waals surface area contributed by atoms with Gasteiger partial charge in [0.15, 0.2) is 0 Å². The van der Waals surface area contributed by atoms with E-state index >= 15 is 0 Å². The summed E-state index contributed by atoms with van der Waals surface area (Å²) >= 11 is 11.9. The number of rotatable bonds is 3. The van der Waals surface area contributed by atoms with Crippen LogP contribution in [0.1, 0.15) is 16.1 Å². The smallest absolute Gasteiger partial charge is 0.352 e. The van der Waals surface area contributed by atoms with Crippen LogP contribution in [0.2, 0.25) is 10.0 Å². The van der Waals surface area contributed by atoms with Crippen LogP contribution in [0.3, 0.4) is 0 Å². The molecule has 0 amide bonds. The Morgan fingerprint density at radius 1 is 1.29 bits per heavy atom. The molecule has 0 saturated heterocycles. The number of carbonyl (C=O) groups is 1. The zero-order chi connectivity index (χ0) is 15.1. The van der Waals surface area contributed by atoms with Gasteiger partial charge in [-0.2, -0.15) is 0 Å². The van der Waals surface area contributed by atoms with Crippen LogP contribution in [0.25, 0.3) is 11.2 Å². The molecule has 0 aliphatic rings. The maximum atomic E-state index is 11.4. The zero-order valence-corrected chi connectivity index (χ0v) is 12.6. The van der Waals surface area contributed by atoms with Crippen molar-refractivity contribution < 1.29 is 9.90 Å². The van der Waals surface area contributed by atoms with Crippen LogP contribution in [-0.4, -0.2) is 25.2 Å². The van der Waals surface area contributed by atoms with Gasteiger partial charge in [-0.3, -0.25) is 0 Å². The highest BCUT2D eigenvalue weighted by Gasteiger charge is 2.18. The fourth-order valence-electron chi connectivity index (χ4n) is 2.35. The van der Waals surface area contributed by atoms with E-state index in [1.807, 2.05) is 13.1 Å². The second-order valence-electron chi connectivity index (χ2n) is 4.73. The minimum Gasteiger partial charge on any atom is -0.477 e. The van der Waals surface area contributed by atoms with Crippen LogP contribution in [0.15, 0.2) is 30.6 Å². The highest BCUT2D eigenvalue weighted by Crippen LogP contribution is 2.25. The number of hydrogen-bond donors (Lipinski definition) is 1. The van der Waals surface area contributed by atoms with Crippen LogP contribution in [0.4, 0.5) is 0 Å². The summed E-state index contributed by atoms with van der Waals surface area (Å²) in [5.74, 6) is -0.993. The molecule has 1 aromatic carbocycles. The van der Waals surface area contributed by atoms with Crippen molar-refractivity contribution in [3.63, 3.8) is 0 Å². The average Bonchev–Trinajstić information content (AvgIpc) is 2.96. The van der Waals surface area contributed by atoms with Gasteiger partial charge in [-0.05, 0) is 23.8 Å².